The van der Waals surface area contributed by atoms with E-state index in [1.807, 2.05) is 0 Å². The summed E-state index contributed by atoms with van der Waals surface area (Å²) in [4.78, 5) is 6.89. The second-order valence-electron chi connectivity index (χ2n) is 4.30. The first kappa shape index (κ1) is 13.7. The Labute approximate surface area is 96.9 Å². The molecule has 0 aliphatic rings. The largest absolute Gasteiger partial charge is 0.421 e. The van der Waals surface area contributed by atoms with Crippen LogP contribution in [-0.2, 0) is 6.18 Å². The van der Waals surface area contributed by atoms with Crippen LogP contribution in [-0.4, -0.2) is 26.7 Å². The molecular weight excluding hydrogens is 235 g/mol. The molecule has 0 fully saturated rings. The van der Waals surface area contributed by atoms with Crippen molar-refractivity contribution in [3.63, 3.8) is 0 Å². The van der Waals surface area contributed by atoms with Gasteiger partial charge in [0.15, 0.2) is 0 Å². The van der Waals surface area contributed by atoms with E-state index in [0.717, 1.165) is 6.33 Å². The van der Waals surface area contributed by atoms with Crippen molar-refractivity contribution in [1.29, 1.82) is 0 Å². The van der Waals surface area contributed by atoms with Gasteiger partial charge >= 0.3 is 6.18 Å². The molecule has 1 heterocycles. The van der Waals surface area contributed by atoms with Crippen LogP contribution in [0.5, 0.6) is 0 Å². The van der Waals surface area contributed by atoms with Crippen molar-refractivity contribution in [2.75, 3.05) is 5.32 Å². The highest BCUT2D eigenvalue weighted by Crippen LogP contribution is 2.33. The summed E-state index contributed by atoms with van der Waals surface area (Å²) < 4.78 is 37.8. The van der Waals surface area contributed by atoms with E-state index >= 15 is 0 Å². The van der Waals surface area contributed by atoms with Crippen LogP contribution in [0.25, 0.3) is 0 Å². The van der Waals surface area contributed by atoms with Crippen molar-refractivity contribution in [1.82, 2.24) is 9.97 Å². The number of rotatable bonds is 3. The first-order chi connectivity index (χ1) is 7.62. The summed E-state index contributed by atoms with van der Waals surface area (Å²) in [6.07, 6.45) is -2.80. The summed E-state index contributed by atoms with van der Waals surface area (Å²) in [5.41, 5.74) is -2.11. The van der Waals surface area contributed by atoms with Gasteiger partial charge in [0.25, 0.3) is 0 Å². The second kappa shape index (κ2) is 4.48. The SMILES string of the molecule is C[C@@H](Nc1ncncc1C(F)(F)F)C(C)(C)O. The molecule has 2 N–H and O–H groups in total. The quantitative estimate of drug-likeness (QED) is 0.861. The van der Waals surface area contributed by atoms with Gasteiger partial charge < -0.3 is 10.4 Å². The van der Waals surface area contributed by atoms with E-state index in [1.54, 1.807) is 6.92 Å². The van der Waals surface area contributed by atoms with Crippen LogP contribution in [0, 0.1) is 0 Å². The minimum absolute atomic E-state index is 0.331. The zero-order valence-corrected chi connectivity index (χ0v) is 9.71. The molecule has 0 unspecified atom stereocenters. The zero-order valence-electron chi connectivity index (χ0n) is 9.71. The van der Waals surface area contributed by atoms with Crippen LogP contribution in [0.3, 0.4) is 0 Å². The van der Waals surface area contributed by atoms with Crippen molar-refractivity contribution in [2.24, 2.45) is 0 Å². The standard InChI is InChI=1S/C10H14F3N3O/c1-6(9(2,3)17)16-8-7(10(11,12)13)4-14-5-15-8/h4-6,17H,1-3H3,(H,14,15,16)/t6-/m1/s1. The van der Waals surface area contributed by atoms with Crippen molar-refractivity contribution in [3.05, 3.63) is 18.1 Å². The Morgan fingerprint density at radius 2 is 1.94 bits per heavy atom. The molecule has 96 valence electrons. The van der Waals surface area contributed by atoms with E-state index in [4.69, 9.17) is 0 Å². The summed E-state index contributed by atoms with van der Waals surface area (Å²) in [7, 11) is 0. The Morgan fingerprint density at radius 1 is 1.35 bits per heavy atom. The third-order valence-electron chi connectivity index (χ3n) is 2.43. The molecule has 0 radical (unpaired) electrons. The predicted molar refractivity (Wildman–Crippen MR) is 56.4 cm³/mol. The van der Waals surface area contributed by atoms with Gasteiger partial charge in [-0.25, -0.2) is 9.97 Å². The second-order valence-corrected chi connectivity index (χ2v) is 4.30. The third kappa shape index (κ3) is 3.55. The van der Waals surface area contributed by atoms with Crippen LogP contribution in [0.4, 0.5) is 19.0 Å². The highest BCUT2D eigenvalue weighted by Gasteiger charge is 2.36. The van der Waals surface area contributed by atoms with E-state index in [2.05, 4.69) is 15.3 Å². The van der Waals surface area contributed by atoms with Crippen molar-refractivity contribution in [3.8, 4) is 0 Å². The van der Waals surface area contributed by atoms with Gasteiger partial charge in [0, 0.05) is 6.20 Å². The zero-order chi connectivity index (χ0) is 13.3. The Morgan fingerprint density at radius 3 is 2.41 bits per heavy atom. The fourth-order valence-electron chi connectivity index (χ4n) is 1.03. The maximum Gasteiger partial charge on any atom is 0.421 e. The lowest BCUT2D eigenvalue weighted by Crippen LogP contribution is -2.40. The van der Waals surface area contributed by atoms with Crippen LogP contribution < -0.4 is 5.32 Å². The average Bonchev–Trinajstić information content (AvgIpc) is 2.15. The highest BCUT2D eigenvalue weighted by molar-refractivity contribution is 5.45. The topological polar surface area (TPSA) is 58.0 Å². The normalized spacial score (nSPS) is 14.5. The summed E-state index contributed by atoms with van der Waals surface area (Å²) >= 11 is 0. The molecule has 0 amide bonds. The van der Waals surface area contributed by atoms with E-state index in [0.29, 0.717) is 6.20 Å². The molecule has 1 rings (SSSR count). The number of hydrogen-bond donors (Lipinski definition) is 2. The summed E-state index contributed by atoms with van der Waals surface area (Å²) in [6.45, 7) is 4.57. The molecule has 0 bridgehead atoms. The minimum Gasteiger partial charge on any atom is -0.388 e. The Bertz CT molecular complexity index is 387. The molecule has 0 saturated heterocycles. The lowest BCUT2D eigenvalue weighted by atomic mass is 10.0. The van der Waals surface area contributed by atoms with E-state index in [1.165, 1.54) is 13.8 Å². The van der Waals surface area contributed by atoms with E-state index in [9.17, 15) is 18.3 Å². The number of nitrogens with zero attached hydrogens (tertiary/aromatic N) is 2. The van der Waals surface area contributed by atoms with Crippen LogP contribution in [0.15, 0.2) is 12.5 Å². The predicted octanol–water partition coefficient (Wildman–Crippen LogP) is 2.07. The molecule has 7 heteroatoms. The summed E-state index contributed by atoms with van der Waals surface area (Å²) in [5, 5.41) is 12.2. The smallest absolute Gasteiger partial charge is 0.388 e. The van der Waals surface area contributed by atoms with Gasteiger partial charge in [0.05, 0.1) is 11.6 Å². The summed E-state index contributed by atoms with van der Waals surface area (Å²) in [5.74, 6) is -0.331. The van der Waals surface area contributed by atoms with Crippen LogP contribution in [0.1, 0.15) is 26.3 Å². The van der Waals surface area contributed by atoms with Gasteiger partial charge in [-0.2, -0.15) is 13.2 Å². The molecule has 1 aromatic heterocycles. The van der Waals surface area contributed by atoms with Gasteiger partial charge in [-0.1, -0.05) is 0 Å². The molecular formula is C10H14F3N3O. The van der Waals surface area contributed by atoms with E-state index < -0.39 is 23.4 Å². The molecule has 1 atom stereocenters. The molecule has 17 heavy (non-hydrogen) atoms. The number of halogens is 3. The lowest BCUT2D eigenvalue weighted by Gasteiger charge is -2.28. The van der Waals surface area contributed by atoms with Crippen molar-refractivity contribution in [2.45, 2.75) is 38.6 Å². The monoisotopic (exact) mass is 249 g/mol. The van der Waals surface area contributed by atoms with Crippen LogP contribution in [0.2, 0.25) is 0 Å². The number of nitrogens with one attached hydrogen (secondary N) is 1. The number of anilines is 1. The van der Waals surface area contributed by atoms with Crippen molar-refractivity contribution < 1.29 is 18.3 Å². The van der Waals surface area contributed by atoms with Gasteiger partial charge in [-0.15, -0.1) is 0 Å². The lowest BCUT2D eigenvalue weighted by molar-refractivity contribution is -0.137. The number of hydrogen-bond acceptors (Lipinski definition) is 4. The third-order valence-corrected chi connectivity index (χ3v) is 2.43. The number of aromatic nitrogens is 2. The molecule has 0 aliphatic heterocycles. The van der Waals surface area contributed by atoms with E-state index in [-0.39, 0.29) is 5.82 Å². The van der Waals surface area contributed by atoms with Crippen molar-refractivity contribution >= 4 is 5.82 Å². The first-order valence-electron chi connectivity index (χ1n) is 4.98. The fourth-order valence-corrected chi connectivity index (χ4v) is 1.03. The Balaban J connectivity index is 3.00. The minimum atomic E-state index is -4.52. The molecule has 4 nitrogen and oxygen atoms in total. The van der Waals surface area contributed by atoms with Gasteiger partial charge in [0.1, 0.15) is 17.7 Å². The number of aliphatic hydroxyl groups is 1. The molecule has 0 saturated carbocycles. The maximum absolute atomic E-state index is 12.6. The highest BCUT2D eigenvalue weighted by atomic mass is 19.4. The molecule has 0 aliphatic carbocycles. The maximum atomic E-state index is 12.6. The molecule has 1 aromatic rings. The number of alkyl halides is 3. The molecule has 0 spiro atoms. The Hall–Kier alpha value is -1.37. The van der Waals surface area contributed by atoms with Gasteiger partial charge in [-0.05, 0) is 20.8 Å². The average molecular weight is 249 g/mol. The summed E-state index contributed by atoms with van der Waals surface area (Å²) in [6, 6.07) is -0.585. The van der Waals surface area contributed by atoms with Crippen LogP contribution >= 0.6 is 0 Å². The first-order valence-corrected chi connectivity index (χ1v) is 4.98. The molecule has 0 aromatic carbocycles. The Kier molecular flexibility index (Phi) is 3.61. The van der Waals surface area contributed by atoms with Gasteiger partial charge in [0.2, 0.25) is 0 Å². The van der Waals surface area contributed by atoms with Gasteiger partial charge in [-0.3, -0.25) is 0 Å². The fraction of sp³-hybridized carbons (Fsp3) is 0.600.